The molecule has 0 unspecified atom stereocenters. The molecule has 2 aliphatic heterocycles. The number of aliphatic imine (C=N–C) groups is 1. The molecule has 0 N–H and O–H groups in total. The quantitative estimate of drug-likeness (QED) is 0.604. The number of benzene rings is 2. The Labute approximate surface area is 193 Å². The summed E-state index contributed by atoms with van der Waals surface area (Å²) in [5, 5.41) is 0.607. The van der Waals surface area contributed by atoms with Crippen LogP contribution in [0.4, 0.5) is 18.9 Å². The van der Waals surface area contributed by atoms with Gasteiger partial charge >= 0.3 is 6.18 Å². The lowest BCUT2D eigenvalue weighted by Gasteiger charge is -2.36. The molecule has 174 valence electrons. The van der Waals surface area contributed by atoms with Crippen LogP contribution in [0.3, 0.4) is 0 Å². The van der Waals surface area contributed by atoms with Crippen LogP contribution in [-0.4, -0.2) is 56.4 Å². The van der Waals surface area contributed by atoms with Crippen molar-refractivity contribution in [1.29, 1.82) is 0 Å². The van der Waals surface area contributed by atoms with Crippen molar-refractivity contribution in [3.05, 3.63) is 58.5 Å². The molecule has 4 rings (SSSR count). The molecule has 1 amide bonds. The third-order valence-corrected chi connectivity index (χ3v) is 6.45. The molecule has 1 fully saturated rings. The number of amides is 1. The lowest BCUT2D eigenvalue weighted by atomic mass is 10.1. The fourth-order valence-electron chi connectivity index (χ4n) is 3.66. The van der Waals surface area contributed by atoms with Crippen LogP contribution in [0.15, 0.2) is 52.4 Å². The minimum atomic E-state index is -4.37. The summed E-state index contributed by atoms with van der Waals surface area (Å²) >= 11 is 1.29. The van der Waals surface area contributed by atoms with Crippen LogP contribution in [-0.2, 0) is 11.0 Å². The first-order valence-corrected chi connectivity index (χ1v) is 11.0. The number of halogens is 3. The first kappa shape index (κ1) is 23.0. The monoisotopic (exact) mass is 477 g/mol. The Hall–Kier alpha value is -3.14. The average Bonchev–Trinajstić information content (AvgIpc) is 3.18. The number of methoxy groups -OCH3 is 2. The predicted octanol–water partition coefficient (Wildman–Crippen LogP) is 4.52. The van der Waals surface area contributed by atoms with Crippen LogP contribution >= 0.6 is 11.8 Å². The predicted molar refractivity (Wildman–Crippen MR) is 123 cm³/mol. The van der Waals surface area contributed by atoms with E-state index in [0.29, 0.717) is 53.4 Å². The zero-order valence-corrected chi connectivity index (χ0v) is 18.9. The SMILES string of the molecule is COc1ccc(/C=C2/SC(N3CCN(c4cccc(C(F)(F)F)c4)CC3)=NC2=O)cc1OC. The number of rotatable bonds is 4. The van der Waals surface area contributed by atoms with E-state index < -0.39 is 11.7 Å². The van der Waals surface area contributed by atoms with E-state index in [2.05, 4.69) is 4.99 Å². The summed E-state index contributed by atoms with van der Waals surface area (Å²) in [5.41, 5.74) is 0.665. The number of hydrogen-bond donors (Lipinski definition) is 0. The number of amidine groups is 1. The third kappa shape index (κ3) is 5.11. The Morgan fingerprint density at radius 3 is 2.33 bits per heavy atom. The van der Waals surface area contributed by atoms with E-state index in [9.17, 15) is 18.0 Å². The molecular weight excluding hydrogens is 455 g/mol. The highest BCUT2D eigenvalue weighted by atomic mass is 32.2. The number of carbonyl (C=O) groups is 1. The van der Waals surface area contributed by atoms with Crippen LogP contribution < -0.4 is 14.4 Å². The highest BCUT2D eigenvalue weighted by molar-refractivity contribution is 8.18. The van der Waals surface area contributed by atoms with Crippen LogP contribution in [0.1, 0.15) is 11.1 Å². The first-order valence-electron chi connectivity index (χ1n) is 10.2. The lowest BCUT2D eigenvalue weighted by molar-refractivity contribution is -0.137. The molecule has 2 aromatic carbocycles. The second kappa shape index (κ2) is 9.38. The number of hydrogen-bond acceptors (Lipinski definition) is 6. The maximum Gasteiger partial charge on any atom is 0.416 e. The van der Waals surface area contributed by atoms with Crippen molar-refractivity contribution in [2.75, 3.05) is 45.3 Å². The Bertz CT molecular complexity index is 1110. The molecule has 0 radical (unpaired) electrons. The highest BCUT2D eigenvalue weighted by Crippen LogP contribution is 2.35. The summed E-state index contributed by atoms with van der Waals surface area (Å²) in [5.74, 6) is 0.847. The van der Waals surface area contributed by atoms with Gasteiger partial charge in [-0.1, -0.05) is 12.1 Å². The van der Waals surface area contributed by atoms with Crippen molar-refractivity contribution >= 4 is 34.6 Å². The molecule has 2 aliphatic rings. The molecule has 0 aromatic heterocycles. The second-order valence-electron chi connectivity index (χ2n) is 7.45. The van der Waals surface area contributed by atoms with Crippen LogP contribution in [0.5, 0.6) is 11.5 Å². The van der Waals surface area contributed by atoms with Gasteiger partial charge in [-0.3, -0.25) is 4.79 Å². The summed E-state index contributed by atoms with van der Waals surface area (Å²) in [6.07, 6.45) is -2.62. The van der Waals surface area contributed by atoms with Crippen molar-refractivity contribution in [3.8, 4) is 11.5 Å². The molecule has 0 saturated carbocycles. The Morgan fingerprint density at radius 1 is 0.970 bits per heavy atom. The van der Waals surface area contributed by atoms with Gasteiger partial charge in [0.15, 0.2) is 16.7 Å². The van der Waals surface area contributed by atoms with Crippen molar-refractivity contribution in [1.82, 2.24) is 4.90 Å². The molecule has 6 nitrogen and oxygen atoms in total. The van der Waals surface area contributed by atoms with Crippen molar-refractivity contribution < 1.29 is 27.4 Å². The van der Waals surface area contributed by atoms with Gasteiger partial charge in [-0.05, 0) is 53.7 Å². The molecular formula is C23H22F3N3O3S. The number of ether oxygens (including phenoxy) is 2. The van der Waals surface area contributed by atoms with E-state index in [1.165, 1.54) is 23.9 Å². The minimum Gasteiger partial charge on any atom is -0.493 e. The topological polar surface area (TPSA) is 54.4 Å². The van der Waals surface area contributed by atoms with Crippen LogP contribution in [0.2, 0.25) is 0 Å². The summed E-state index contributed by atoms with van der Waals surface area (Å²) in [6.45, 7) is 2.17. The normalized spacial score (nSPS) is 18.0. The van der Waals surface area contributed by atoms with Crippen LogP contribution in [0, 0.1) is 0 Å². The number of nitrogens with zero attached hydrogens (tertiary/aromatic N) is 3. The molecule has 0 atom stereocenters. The van der Waals surface area contributed by atoms with Crippen molar-refractivity contribution in [2.45, 2.75) is 6.18 Å². The standard InChI is InChI=1S/C23H22F3N3O3S/c1-31-18-7-6-15(12-19(18)32-2)13-20-21(30)27-22(33-20)29-10-8-28(9-11-29)17-5-3-4-16(14-17)23(24,25)26/h3-7,12-14H,8-11H2,1-2H3/b20-13+. The summed E-state index contributed by atoms with van der Waals surface area (Å²) in [7, 11) is 3.10. The molecule has 33 heavy (non-hydrogen) atoms. The van der Waals surface area contributed by atoms with Gasteiger partial charge in [-0.15, -0.1) is 0 Å². The fourth-order valence-corrected chi connectivity index (χ4v) is 4.63. The van der Waals surface area contributed by atoms with Crippen molar-refractivity contribution in [2.24, 2.45) is 4.99 Å². The zero-order valence-electron chi connectivity index (χ0n) is 18.1. The van der Waals surface area contributed by atoms with Gasteiger partial charge < -0.3 is 19.3 Å². The molecule has 10 heteroatoms. The third-order valence-electron chi connectivity index (χ3n) is 5.40. The minimum absolute atomic E-state index is 0.315. The Balaban J connectivity index is 1.41. The first-order chi connectivity index (χ1) is 15.8. The number of carbonyl (C=O) groups excluding carboxylic acids is 1. The van der Waals surface area contributed by atoms with Crippen LogP contribution in [0.25, 0.3) is 6.08 Å². The Kier molecular flexibility index (Phi) is 6.55. The number of alkyl halides is 3. The van der Waals surface area contributed by atoms with E-state index in [1.807, 2.05) is 15.9 Å². The van der Waals surface area contributed by atoms with Crippen molar-refractivity contribution in [3.63, 3.8) is 0 Å². The fraction of sp³-hybridized carbons (Fsp3) is 0.304. The molecule has 2 heterocycles. The summed E-state index contributed by atoms with van der Waals surface area (Å²) in [6, 6.07) is 10.7. The summed E-state index contributed by atoms with van der Waals surface area (Å²) in [4.78, 5) is 21.0. The van der Waals surface area contributed by atoms with Gasteiger partial charge in [0.1, 0.15) is 0 Å². The number of anilines is 1. The second-order valence-corrected chi connectivity index (χ2v) is 8.46. The largest absolute Gasteiger partial charge is 0.493 e. The van der Waals surface area contributed by atoms with E-state index in [1.54, 1.807) is 38.5 Å². The molecule has 2 aromatic rings. The summed E-state index contributed by atoms with van der Waals surface area (Å²) < 4.78 is 49.6. The number of thioether (sulfide) groups is 1. The van der Waals surface area contributed by atoms with E-state index in [0.717, 1.165) is 11.6 Å². The molecule has 1 saturated heterocycles. The molecule has 0 spiro atoms. The average molecular weight is 478 g/mol. The van der Waals surface area contributed by atoms with E-state index in [4.69, 9.17) is 9.47 Å². The zero-order chi connectivity index (χ0) is 23.6. The van der Waals surface area contributed by atoms with Gasteiger partial charge in [0.25, 0.3) is 5.91 Å². The van der Waals surface area contributed by atoms with Gasteiger partial charge in [0.05, 0.1) is 24.7 Å². The maximum atomic E-state index is 13.0. The lowest BCUT2D eigenvalue weighted by Crippen LogP contribution is -2.47. The smallest absolute Gasteiger partial charge is 0.416 e. The molecule has 0 aliphatic carbocycles. The molecule has 0 bridgehead atoms. The van der Waals surface area contributed by atoms with Gasteiger partial charge in [-0.25, -0.2) is 0 Å². The van der Waals surface area contributed by atoms with E-state index in [-0.39, 0.29) is 5.91 Å². The maximum absolute atomic E-state index is 13.0. The van der Waals surface area contributed by atoms with Gasteiger partial charge in [0, 0.05) is 31.9 Å². The number of piperazine rings is 1. The Morgan fingerprint density at radius 2 is 1.67 bits per heavy atom. The highest BCUT2D eigenvalue weighted by Gasteiger charge is 2.32. The van der Waals surface area contributed by atoms with Gasteiger partial charge in [0.2, 0.25) is 0 Å². The van der Waals surface area contributed by atoms with Gasteiger partial charge in [-0.2, -0.15) is 18.2 Å². The van der Waals surface area contributed by atoms with E-state index >= 15 is 0 Å².